The summed E-state index contributed by atoms with van der Waals surface area (Å²) in [5.41, 5.74) is 3.87. The molecule has 1 saturated heterocycles. The smallest absolute Gasteiger partial charge is 0.0991 e. The van der Waals surface area contributed by atoms with Gasteiger partial charge in [0.1, 0.15) is 0 Å². The molecule has 5 heteroatoms. The summed E-state index contributed by atoms with van der Waals surface area (Å²) < 4.78 is 7.38. The zero-order valence-corrected chi connectivity index (χ0v) is 14.3. The van der Waals surface area contributed by atoms with Crippen molar-refractivity contribution in [2.75, 3.05) is 13.2 Å². The van der Waals surface area contributed by atoms with Gasteiger partial charge in [0.15, 0.2) is 0 Å². The van der Waals surface area contributed by atoms with E-state index in [4.69, 9.17) is 10.00 Å². The molecule has 1 fully saturated rings. The summed E-state index contributed by atoms with van der Waals surface area (Å²) in [6.07, 6.45) is 4.31. The summed E-state index contributed by atoms with van der Waals surface area (Å²) in [5, 5.41) is 17.2. The maximum absolute atomic E-state index is 8.94. The first-order valence-electron chi connectivity index (χ1n) is 8.55. The third kappa shape index (κ3) is 3.66. The molecule has 24 heavy (non-hydrogen) atoms. The van der Waals surface area contributed by atoms with E-state index in [1.54, 1.807) is 0 Å². The summed E-state index contributed by atoms with van der Waals surface area (Å²) in [5.74, 6) is 0.602. The second-order valence-corrected chi connectivity index (χ2v) is 6.39. The molecule has 0 spiro atoms. The van der Waals surface area contributed by atoms with Gasteiger partial charge in [-0.25, -0.2) is 0 Å². The number of hydrogen-bond acceptors (Lipinski definition) is 4. The van der Waals surface area contributed by atoms with E-state index >= 15 is 0 Å². The van der Waals surface area contributed by atoms with Gasteiger partial charge in [-0.05, 0) is 30.9 Å². The molecular weight excluding hydrogens is 300 g/mol. The van der Waals surface area contributed by atoms with Gasteiger partial charge < -0.3 is 10.1 Å². The normalized spacial score (nSPS) is 18.5. The van der Waals surface area contributed by atoms with Crippen LogP contribution in [-0.2, 0) is 18.3 Å². The molecule has 3 rings (SSSR count). The van der Waals surface area contributed by atoms with Crippen LogP contribution in [0, 0.1) is 17.2 Å². The van der Waals surface area contributed by atoms with Gasteiger partial charge in [0.05, 0.1) is 23.9 Å². The summed E-state index contributed by atoms with van der Waals surface area (Å²) in [7, 11) is 1.94. The largest absolute Gasteiger partial charge is 0.381 e. The van der Waals surface area contributed by atoms with E-state index in [0.717, 1.165) is 43.9 Å². The predicted octanol–water partition coefficient (Wildman–Crippen LogP) is 2.86. The Morgan fingerprint density at radius 3 is 2.83 bits per heavy atom. The van der Waals surface area contributed by atoms with E-state index in [-0.39, 0.29) is 0 Å². The zero-order valence-electron chi connectivity index (χ0n) is 14.3. The highest BCUT2D eigenvalue weighted by atomic mass is 16.5. The van der Waals surface area contributed by atoms with E-state index in [1.165, 1.54) is 5.56 Å². The highest BCUT2D eigenvalue weighted by molar-refractivity contribution is 5.63. The van der Waals surface area contributed by atoms with Crippen molar-refractivity contribution < 1.29 is 4.74 Å². The molecule has 2 atom stereocenters. The van der Waals surface area contributed by atoms with Gasteiger partial charge in [-0.3, -0.25) is 4.68 Å². The number of aromatic nitrogens is 2. The van der Waals surface area contributed by atoms with Crippen LogP contribution >= 0.6 is 0 Å². The van der Waals surface area contributed by atoms with Crippen LogP contribution in [0.1, 0.15) is 30.9 Å². The maximum atomic E-state index is 8.94. The number of nitrogens with one attached hydrogen (secondary N) is 1. The molecule has 0 radical (unpaired) electrons. The van der Waals surface area contributed by atoms with Crippen LogP contribution in [0.2, 0.25) is 0 Å². The van der Waals surface area contributed by atoms with Crippen molar-refractivity contribution in [3.8, 4) is 17.3 Å². The second kappa shape index (κ2) is 7.61. The molecule has 1 N–H and O–H groups in total. The molecule has 1 aliphatic heterocycles. The Balaban J connectivity index is 1.74. The number of nitriles is 1. The van der Waals surface area contributed by atoms with Crippen molar-refractivity contribution in [1.29, 1.82) is 5.26 Å². The minimum atomic E-state index is 0.474. The molecular formula is C19H24N4O. The minimum absolute atomic E-state index is 0.474. The lowest BCUT2D eigenvalue weighted by molar-refractivity contribution is 0.175. The van der Waals surface area contributed by atoms with Crippen molar-refractivity contribution in [1.82, 2.24) is 15.1 Å². The Hall–Kier alpha value is -2.16. The molecule has 0 saturated carbocycles. The van der Waals surface area contributed by atoms with Crippen LogP contribution in [0.5, 0.6) is 0 Å². The summed E-state index contributed by atoms with van der Waals surface area (Å²) >= 11 is 0. The third-order valence-electron chi connectivity index (χ3n) is 4.72. The predicted molar refractivity (Wildman–Crippen MR) is 93.2 cm³/mol. The van der Waals surface area contributed by atoms with Gasteiger partial charge >= 0.3 is 0 Å². The van der Waals surface area contributed by atoms with E-state index in [9.17, 15) is 0 Å². The summed E-state index contributed by atoms with van der Waals surface area (Å²) in [6, 6.07) is 10.2. The van der Waals surface area contributed by atoms with Gasteiger partial charge in [0.25, 0.3) is 0 Å². The first-order chi connectivity index (χ1) is 11.7. The number of hydrogen-bond donors (Lipinski definition) is 1. The fraction of sp³-hybridized carbons (Fsp3) is 0.474. The molecule has 2 heterocycles. The fourth-order valence-electron chi connectivity index (χ4n) is 3.37. The van der Waals surface area contributed by atoms with E-state index < -0.39 is 0 Å². The van der Waals surface area contributed by atoms with Crippen LogP contribution in [0.15, 0.2) is 30.5 Å². The number of nitrogens with zero attached hydrogens (tertiary/aromatic N) is 3. The summed E-state index contributed by atoms with van der Waals surface area (Å²) in [4.78, 5) is 0. The van der Waals surface area contributed by atoms with E-state index in [2.05, 4.69) is 29.6 Å². The van der Waals surface area contributed by atoms with Gasteiger partial charge in [-0.2, -0.15) is 10.4 Å². The molecule has 0 unspecified atom stereocenters. The van der Waals surface area contributed by atoms with Gasteiger partial charge in [-0.15, -0.1) is 0 Å². The van der Waals surface area contributed by atoms with Crippen LogP contribution < -0.4 is 5.32 Å². The average molecular weight is 324 g/mol. The monoisotopic (exact) mass is 324 g/mol. The SMILES string of the molecule is CC[C@H](NCc1cn(C)nc1-c1ccc(C#N)cc1)[C@H]1CCOC1. The summed E-state index contributed by atoms with van der Waals surface area (Å²) in [6.45, 7) is 4.76. The number of rotatable bonds is 6. The zero-order chi connectivity index (χ0) is 16.9. The lowest BCUT2D eigenvalue weighted by Crippen LogP contribution is -2.35. The fourth-order valence-corrected chi connectivity index (χ4v) is 3.37. The quantitative estimate of drug-likeness (QED) is 0.887. The van der Waals surface area contributed by atoms with Crippen molar-refractivity contribution in [3.05, 3.63) is 41.6 Å². The average Bonchev–Trinajstić information content (AvgIpc) is 3.26. The molecule has 2 aromatic rings. The van der Waals surface area contributed by atoms with Crippen LogP contribution in [0.3, 0.4) is 0 Å². The second-order valence-electron chi connectivity index (χ2n) is 6.39. The van der Waals surface area contributed by atoms with Crippen molar-refractivity contribution in [2.45, 2.75) is 32.4 Å². The molecule has 1 aromatic carbocycles. The Bertz CT molecular complexity index is 708. The Labute approximate surface area is 143 Å². The van der Waals surface area contributed by atoms with E-state index in [0.29, 0.717) is 17.5 Å². The Morgan fingerprint density at radius 1 is 1.42 bits per heavy atom. The highest BCUT2D eigenvalue weighted by Crippen LogP contribution is 2.24. The molecule has 0 amide bonds. The van der Waals surface area contributed by atoms with Crippen molar-refractivity contribution in [3.63, 3.8) is 0 Å². The van der Waals surface area contributed by atoms with Gasteiger partial charge in [-0.1, -0.05) is 19.1 Å². The minimum Gasteiger partial charge on any atom is -0.381 e. The van der Waals surface area contributed by atoms with Gasteiger partial charge in [0, 0.05) is 43.6 Å². The molecule has 126 valence electrons. The third-order valence-corrected chi connectivity index (χ3v) is 4.72. The topological polar surface area (TPSA) is 62.9 Å². The molecule has 1 aliphatic rings. The molecule has 0 aliphatic carbocycles. The molecule has 1 aromatic heterocycles. The van der Waals surface area contributed by atoms with E-state index in [1.807, 2.05) is 36.0 Å². The standard InChI is InChI=1S/C19H24N4O/c1-3-18(16-8-9-24-13-16)21-11-17-12-23(2)22-19(17)15-6-4-14(10-20)5-7-15/h4-7,12,16,18,21H,3,8-9,11,13H2,1-2H3/t16-,18-/m0/s1. The Morgan fingerprint density at radius 2 is 2.21 bits per heavy atom. The Kier molecular flexibility index (Phi) is 5.29. The maximum Gasteiger partial charge on any atom is 0.0991 e. The van der Waals surface area contributed by atoms with Crippen molar-refractivity contribution in [2.24, 2.45) is 13.0 Å². The van der Waals surface area contributed by atoms with Crippen LogP contribution in [-0.4, -0.2) is 29.0 Å². The first-order valence-corrected chi connectivity index (χ1v) is 8.55. The molecule has 5 nitrogen and oxygen atoms in total. The lowest BCUT2D eigenvalue weighted by Gasteiger charge is -2.22. The number of benzene rings is 1. The number of ether oxygens (including phenoxy) is 1. The lowest BCUT2D eigenvalue weighted by atomic mass is 9.96. The highest BCUT2D eigenvalue weighted by Gasteiger charge is 2.24. The number of aryl methyl sites for hydroxylation is 1. The van der Waals surface area contributed by atoms with Crippen LogP contribution in [0.25, 0.3) is 11.3 Å². The van der Waals surface area contributed by atoms with Gasteiger partial charge in [0.2, 0.25) is 0 Å². The van der Waals surface area contributed by atoms with Crippen LogP contribution in [0.4, 0.5) is 0 Å². The van der Waals surface area contributed by atoms with Crippen molar-refractivity contribution >= 4 is 0 Å². The first kappa shape index (κ1) is 16.7. The molecule has 0 bridgehead atoms.